The molecule has 0 saturated carbocycles. The number of hydrogen-bond acceptors (Lipinski definition) is 4. The largest absolute Gasteiger partial charge is 0.494 e. The van der Waals surface area contributed by atoms with E-state index >= 15 is 0 Å². The van der Waals surface area contributed by atoms with Crippen molar-refractivity contribution in [2.45, 2.75) is 38.0 Å². The van der Waals surface area contributed by atoms with Gasteiger partial charge >= 0.3 is 0 Å². The molecule has 0 spiro atoms. The van der Waals surface area contributed by atoms with Gasteiger partial charge in [-0.2, -0.15) is 0 Å². The topological polar surface area (TPSA) is 63.7 Å². The van der Waals surface area contributed by atoms with Crippen LogP contribution in [0.4, 0.5) is 5.69 Å². The second-order valence-corrected chi connectivity index (χ2v) is 9.88. The Morgan fingerprint density at radius 1 is 1.00 bits per heavy atom. The monoisotopic (exact) mass is 449 g/mol. The summed E-state index contributed by atoms with van der Waals surface area (Å²) in [5.74, 6) is 0.714. The minimum absolute atomic E-state index is 0.0169. The number of rotatable bonds is 7. The molecule has 0 fully saturated rings. The van der Waals surface area contributed by atoms with Gasteiger partial charge in [-0.3, -0.25) is 9.10 Å². The number of ether oxygens (including phenoxy) is 1. The first-order chi connectivity index (χ1) is 15.4. The third kappa shape index (κ3) is 4.55. The molecular weight excluding hydrogens is 422 g/mol. The second kappa shape index (κ2) is 9.17. The van der Waals surface area contributed by atoms with Crippen LogP contribution in [0, 0.1) is 6.92 Å². The highest BCUT2D eigenvalue weighted by Gasteiger charge is 2.29. The molecule has 1 aliphatic rings. The lowest BCUT2D eigenvalue weighted by Crippen LogP contribution is -2.35. The maximum Gasteiger partial charge on any atom is 0.264 e. The lowest BCUT2D eigenvalue weighted by Gasteiger charge is -2.31. The number of ketones is 1. The zero-order chi connectivity index (χ0) is 22.7. The van der Waals surface area contributed by atoms with Gasteiger partial charge in [0.2, 0.25) is 0 Å². The third-order valence-electron chi connectivity index (χ3n) is 5.69. The van der Waals surface area contributed by atoms with Gasteiger partial charge < -0.3 is 4.74 Å². The van der Waals surface area contributed by atoms with Gasteiger partial charge in [0.1, 0.15) is 5.75 Å². The highest BCUT2D eigenvalue weighted by atomic mass is 32.2. The Labute approximate surface area is 189 Å². The molecule has 0 aliphatic carbocycles. The van der Waals surface area contributed by atoms with Crippen molar-refractivity contribution in [3.05, 3.63) is 89.0 Å². The van der Waals surface area contributed by atoms with E-state index in [4.69, 9.17) is 4.74 Å². The number of Topliss-reactive ketones (excluding diaryl/α,β-unsaturated/α-hetero) is 1. The molecule has 32 heavy (non-hydrogen) atoms. The van der Waals surface area contributed by atoms with Gasteiger partial charge in [-0.05, 0) is 80.3 Å². The van der Waals surface area contributed by atoms with Crippen LogP contribution in [0.25, 0.3) is 0 Å². The normalized spacial score (nSPS) is 13.5. The molecule has 5 nitrogen and oxygen atoms in total. The van der Waals surface area contributed by atoms with Crippen LogP contribution in [0.3, 0.4) is 0 Å². The van der Waals surface area contributed by atoms with Crippen LogP contribution in [-0.2, 0) is 22.9 Å². The summed E-state index contributed by atoms with van der Waals surface area (Å²) in [6.45, 7) is 4.85. The molecule has 0 aromatic heterocycles. The van der Waals surface area contributed by atoms with Crippen molar-refractivity contribution in [2.24, 2.45) is 0 Å². The number of carbonyl (C=O) groups excluding carboxylic acids is 1. The molecule has 0 unspecified atom stereocenters. The van der Waals surface area contributed by atoms with Crippen molar-refractivity contribution in [2.75, 3.05) is 17.5 Å². The summed E-state index contributed by atoms with van der Waals surface area (Å²) >= 11 is 0. The zero-order valence-electron chi connectivity index (χ0n) is 18.4. The van der Waals surface area contributed by atoms with E-state index in [0.29, 0.717) is 24.4 Å². The predicted octanol–water partition coefficient (Wildman–Crippen LogP) is 4.96. The Morgan fingerprint density at radius 2 is 1.72 bits per heavy atom. The number of hydrogen-bond donors (Lipinski definition) is 0. The summed E-state index contributed by atoms with van der Waals surface area (Å²) in [6, 6.07) is 19.8. The Bertz CT molecular complexity index is 1220. The van der Waals surface area contributed by atoms with E-state index in [2.05, 4.69) is 0 Å². The molecule has 0 saturated heterocycles. The van der Waals surface area contributed by atoms with Crippen molar-refractivity contribution >= 4 is 21.5 Å². The number of benzene rings is 3. The highest BCUT2D eigenvalue weighted by Crippen LogP contribution is 2.33. The molecule has 0 atom stereocenters. The Kier molecular flexibility index (Phi) is 6.33. The quantitative estimate of drug-likeness (QED) is 0.478. The fraction of sp³-hybridized carbons (Fsp3) is 0.269. The molecule has 0 bridgehead atoms. The van der Waals surface area contributed by atoms with Crippen molar-refractivity contribution in [3.8, 4) is 5.75 Å². The average Bonchev–Trinajstić information content (AvgIpc) is 2.79. The van der Waals surface area contributed by atoms with Crippen molar-refractivity contribution in [1.82, 2.24) is 0 Å². The molecule has 1 aliphatic heterocycles. The van der Waals surface area contributed by atoms with Crippen LogP contribution in [0.5, 0.6) is 5.75 Å². The summed E-state index contributed by atoms with van der Waals surface area (Å²) in [5.41, 5.74) is 4.08. The van der Waals surface area contributed by atoms with E-state index in [1.807, 2.05) is 44.2 Å². The summed E-state index contributed by atoms with van der Waals surface area (Å²) in [4.78, 5) is 13.1. The Balaban J connectivity index is 1.60. The molecule has 0 amide bonds. The van der Waals surface area contributed by atoms with Crippen LogP contribution in [0.1, 0.15) is 40.4 Å². The highest BCUT2D eigenvalue weighted by molar-refractivity contribution is 7.92. The molecule has 0 N–H and O–H groups in total. The maximum atomic E-state index is 13.3. The minimum atomic E-state index is -3.67. The van der Waals surface area contributed by atoms with Crippen LogP contribution < -0.4 is 9.04 Å². The van der Waals surface area contributed by atoms with Crippen molar-refractivity contribution in [1.29, 1.82) is 0 Å². The zero-order valence-corrected chi connectivity index (χ0v) is 19.2. The van der Waals surface area contributed by atoms with Crippen LogP contribution >= 0.6 is 0 Å². The number of anilines is 1. The number of carbonyl (C=O) groups is 1. The number of sulfonamides is 1. The molecular formula is C26H27NO4S. The first kappa shape index (κ1) is 22.1. The van der Waals surface area contributed by atoms with E-state index in [1.165, 1.54) is 4.31 Å². The molecule has 1 heterocycles. The van der Waals surface area contributed by atoms with E-state index in [1.54, 1.807) is 36.4 Å². The van der Waals surface area contributed by atoms with Gasteiger partial charge in [0.25, 0.3) is 10.0 Å². The van der Waals surface area contributed by atoms with Crippen molar-refractivity contribution in [3.63, 3.8) is 0 Å². The molecule has 166 valence electrons. The summed E-state index contributed by atoms with van der Waals surface area (Å²) in [7, 11) is -3.67. The van der Waals surface area contributed by atoms with Crippen LogP contribution in [0.2, 0.25) is 0 Å². The molecule has 6 heteroatoms. The average molecular weight is 450 g/mol. The lowest BCUT2D eigenvalue weighted by atomic mass is 9.97. The van der Waals surface area contributed by atoms with Crippen LogP contribution in [0.15, 0.2) is 71.6 Å². The lowest BCUT2D eigenvalue weighted by molar-refractivity contribution is 0.0993. The standard InChI is InChI=1S/C26H27NO4S/c1-3-31-23-12-10-22(11-13-23)26(28)18-20-8-9-21-5-4-16-27(25(21)17-20)32(29,30)24-14-6-19(2)7-15-24/h6-15,17H,3-5,16,18H2,1-2H3. The van der Waals surface area contributed by atoms with Gasteiger partial charge in [-0.15, -0.1) is 0 Å². The minimum Gasteiger partial charge on any atom is -0.494 e. The smallest absolute Gasteiger partial charge is 0.264 e. The van der Waals surface area contributed by atoms with Gasteiger partial charge in [0.15, 0.2) is 5.78 Å². The fourth-order valence-corrected chi connectivity index (χ4v) is 5.51. The van der Waals surface area contributed by atoms with Gasteiger partial charge in [-0.25, -0.2) is 8.42 Å². The van der Waals surface area contributed by atoms with Gasteiger partial charge in [-0.1, -0.05) is 29.8 Å². The SMILES string of the molecule is CCOc1ccc(C(=O)Cc2ccc3c(c2)N(S(=O)(=O)c2ccc(C)cc2)CCC3)cc1. The van der Waals surface area contributed by atoms with Crippen molar-refractivity contribution < 1.29 is 17.9 Å². The van der Waals surface area contributed by atoms with Gasteiger partial charge in [0, 0.05) is 18.5 Å². The van der Waals surface area contributed by atoms with Gasteiger partial charge in [0.05, 0.1) is 17.2 Å². The third-order valence-corrected chi connectivity index (χ3v) is 7.51. The number of aryl methyl sites for hydroxylation is 2. The Morgan fingerprint density at radius 3 is 2.41 bits per heavy atom. The molecule has 3 aromatic carbocycles. The number of fused-ring (bicyclic) bond motifs is 1. The van der Waals surface area contributed by atoms with E-state index < -0.39 is 10.0 Å². The predicted molar refractivity (Wildman–Crippen MR) is 126 cm³/mol. The van der Waals surface area contributed by atoms with E-state index in [-0.39, 0.29) is 17.1 Å². The molecule has 0 radical (unpaired) electrons. The molecule has 4 rings (SSSR count). The maximum absolute atomic E-state index is 13.3. The first-order valence-corrected chi connectivity index (χ1v) is 12.3. The molecule has 3 aromatic rings. The van der Waals surface area contributed by atoms with E-state index in [9.17, 15) is 13.2 Å². The number of nitrogens with zero attached hydrogens (tertiary/aromatic N) is 1. The Hall–Kier alpha value is -3.12. The first-order valence-electron chi connectivity index (χ1n) is 10.9. The second-order valence-electron chi connectivity index (χ2n) is 8.01. The summed E-state index contributed by atoms with van der Waals surface area (Å²) in [6.07, 6.45) is 1.80. The van der Waals surface area contributed by atoms with Crippen LogP contribution in [-0.4, -0.2) is 27.4 Å². The summed E-state index contributed by atoms with van der Waals surface area (Å²) < 4.78 is 33.6. The summed E-state index contributed by atoms with van der Waals surface area (Å²) in [5, 5.41) is 0. The fourth-order valence-electron chi connectivity index (χ4n) is 3.97. The van der Waals surface area contributed by atoms with E-state index in [0.717, 1.165) is 35.3 Å².